The van der Waals surface area contributed by atoms with E-state index in [0.29, 0.717) is 0 Å². The quantitative estimate of drug-likeness (QED) is 0.841. The van der Waals surface area contributed by atoms with Crippen LogP contribution in [0.4, 0.5) is 0 Å². The summed E-state index contributed by atoms with van der Waals surface area (Å²) in [5.74, 6) is -0.256. The van der Waals surface area contributed by atoms with Gasteiger partial charge < -0.3 is 15.0 Å². The van der Waals surface area contributed by atoms with Crippen LogP contribution in [0.25, 0.3) is 10.9 Å². The van der Waals surface area contributed by atoms with Crippen molar-refractivity contribution >= 4 is 16.9 Å². The number of quaternary nitrogens is 1. The molecule has 0 radical (unpaired) electrons. The Balaban J connectivity index is 2.10. The Morgan fingerprint density at radius 3 is 2.80 bits per heavy atom. The number of nitrogens with zero attached hydrogens (tertiary/aromatic N) is 1. The van der Waals surface area contributed by atoms with Gasteiger partial charge in [-0.05, 0) is 11.6 Å². The lowest BCUT2D eigenvalue weighted by Crippen LogP contribution is -2.62. The van der Waals surface area contributed by atoms with Crippen LogP contribution in [0.2, 0.25) is 0 Å². The van der Waals surface area contributed by atoms with Gasteiger partial charge in [0.05, 0.1) is 19.1 Å². The van der Waals surface area contributed by atoms with Gasteiger partial charge in [0.1, 0.15) is 0 Å². The molecule has 108 valence electrons. The number of aromatic nitrogens is 1. The van der Waals surface area contributed by atoms with E-state index < -0.39 is 0 Å². The van der Waals surface area contributed by atoms with Crippen LogP contribution >= 0.6 is 0 Å². The zero-order valence-corrected chi connectivity index (χ0v) is 12.4. The van der Waals surface area contributed by atoms with Crippen LogP contribution in [0.3, 0.4) is 0 Å². The topological polar surface area (TPSA) is 58.9 Å². The Morgan fingerprint density at radius 2 is 2.10 bits per heavy atom. The third-order valence-corrected chi connectivity index (χ3v) is 3.78. The molecule has 0 aliphatic carbocycles. The number of para-hydroxylation sites is 1. The molecule has 0 aliphatic rings. The highest BCUT2D eigenvalue weighted by atomic mass is 16.5. The molecule has 3 N–H and O–H groups in total. The minimum atomic E-state index is -0.156. The molecule has 20 heavy (non-hydrogen) atoms. The van der Waals surface area contributed by atoms with Gasteiger partial charge in [0.2, 0.25) is 0 Å². The molecule has 4 nitrogen and oxygen atoms in total. The van der Waals surface area contributed by atoms with Crippen molar-refractivity contribution in [2.24, 2.45) is 13.0 Å². The average Bonchev–Trinajstić information content (AvgIpc) is 2.75. The number of carbonyl (C=O) groups is 1. The summed E-state index contributed by atoms with van der Waals surface area (Å²) in [4.78, 5) is 11.5. The van der Waals surface area contributed by atoms with Gasteiger partial charge in [-0.1, -0.05) is 25.1 Å². The van der Waals surface area contributed by atoms with Crippen LogP contribution in [0.1, 0.15) is 18.9 Å². The Morgan fingerprint density at radius 1 is 1.40 bits per heavy atom. The van der Waals surface area contributed by atoms with Crippen LogP contribution in [0.15, 0.2) is 30.5 Å². The molecule has 1 aromatic heterocycles. The van der Waals surface area contributed by atoms with Crippen LogP contribution in [0, 0.1) is 5.92 Å². The largest absolute Gasteiger partial charge is 0.469 e. The van der Waals surface area contributed by atoms with E-state index in [1.807, 2.05) is 13.0 Å². The molecule has 0 amide bonds. The van der Waals surface area contributed by atoms with Crippen LogP contribution in [-0.4, -0.2) is 23.7 Å². The van der Waals surface area contributed by atoms with Gasteiger partial charge in [-0.15, -0.1) is 0 Å². The highest BCUT2D eigenvalue weighted by molar-refractivity contribution is 5.83. The van der Waals surface area contributed by atoms with Gasteiger partial charge in [-0.2, -0.15) is 0 Å². The van der Waals surface area contributed by atoms with E-state index in [0.717, 1.165) is 12.8 Å². The van der Waals surface area contributed by atoms with Crippen LogP contribution < -0.4 is 5.73 Å². The monoisotopic (exact) mass is 275 g/mol. The molecule has 0 unspecified atom stereocenters. The third-order valence-electron chi connectivity index (χ3n) is 3.78. The number of carbonyl (C=O) groups excluding carboxylic acids is 1. The predicted molar refractivity (Wildman–Crippen MR) is 79.1 cm³/mol. The summed E-state index contributed by atoms with van der Waals surface area (Å²) in [6.45, 7) is 1.90. The smallest absolute Gasteiger partial charge is 0.308 e. The molecule has 0 spiro atoms. The molecule has 2 aromatic rings. The third kappa shape index (κ3) is 3.02. The first-order valence-corrected chi connectivity index (χ1v) is 6.96. The molecule has 2 rings (SSSR count). The number of hydrogen-bond donors (Lipinski definition) is 1. The number of methoxy groups -OCH3 is 1. The van der Waals surface area contributed by atoms with Crippen molar-refractivity contribution in [3.8, 4) is 0 Å². The van der Waals surface area contributed by atoms with Crippen molar-refractivity contribution in [2.75, 3.05) is 7.11 Å². The van der Waals surface area contributed by atoms with Crippen molar-refractivity contribution < 1.29 is 15.3 Å². The van der Waals surface area contributed by atoms with Crippen molar-refractivity contribution in [3.05, 3.63) is 36.0 Å². The lowest BCUT2D eigenvalue weighted by atomic mass is 9.97. The zero-order chi connectivity index (χ0) is 14.7. The number of aryl methyl sites for hydroxylation is 1. The van der Waals surface area contributed by atoms with E-state index in [9.17, 15) is 4.79 Å². The first-order valence-electron chi connectivity index (χ1n) is 6.96. The van der Waals surface area contributed by atoms with E-state index in [1.165, 1.54) is 23.6 Å². The van der Waals surface area contributed by atoms with Gasteiger partial charge >= 0.3 is 5.97 Å². The van der Waals surface area contributed by atoms with Gasteiger partial charge in [0.15, 0.2) is 0 Å². The van der Waals surface area contributed by atoms with Crippen molar-refractivity contribution in [1.29, 1.82) is 0 Å². The van der Waals surface area contributed by atoms with Gasteiger partial charge in [0.25, 0.3) is 0 Å². The lowest BCUT2D eigenvalue weighted by molar-refractivity contribution is -0.422. The van der Waals surface area contributed by atoms with Gasteiger partial charge in [-0.25, -0.2) is 0 Å². The maximum Gasteiger partial charge on any atom is 0.308 e. The molecule has 0 aliphatic heterocycles. The first kappa shape index (κ1) is 14.6. The SMILES string of the molecule is COC(=O)[C@@H](C)C[C@@H]([NH3+])Cc1cn(C)c2ccccc12. The second-order valence-electron chi connectivity index (χ2n) is 5.51. The molecule has 1 aromatic carbocycles. The number of ether oxygens (including phenoxy) is 1. The Labute approximate surface area is 119 Å². The fourth-order valence-electron chi connectivity index (χ4n) is 2.78. The van der Waals surface area contributed by atoms with E-state index in [4.69, 9.17) is 4.74 Å². The number of benzene rings is 1. The number of rotatable bonds is 5. The molecule has 0 bridgehead atoms. The summed E-state index contributed by atoms with van der Waals surface area (Å²) in [7, 11) is 3.49. The Kier molecular flexibility index (Phi) is 4.45. The molecule has 2 atom stereocenters. The van der Waals surface area contributed by atoms with Crippen LogP contribution in [0.5, 0.6) is 0 Å². The minimum absolute atomic E-state index is 0.0996. The van der Waals surface area contributed by atoms with E-state index in [2.05, 4.69) is 41.7 Å². The standard InChI is InChI=1S/C16H22N2O2/c1-11(16(19)20-3)8-13(17)9-12-10-18(2)15-7-5-4-6-14(12)15/h4-7,10-11,13H,8-9,17H2,1-3H3/p+1/t11-,13+/m0/s1. The van der Waals surface area contributed by atoms with Crippen molar-refractivity contribution in [1.82, 2.24) is 4.57 Å². The molecule has 0 fully saturated rings. The maximum absolute atomic E-state index is 11.5. The molecule has 0 saturated heterocycles. The van der Waals surface area contributed by atoms with Crippen molar-refractivity contribution in [2.45, 2.75) is 25.8 Å². The molecular formula is C16H23N2O2+. The fourth-order valence-corrected chi connectivity index (χ4v) is 2.78. The molecule has 1 heterocycles. The summed E-state index contributed by atoms with van der Waals surface area (Å²) < 4.78 is 6.91. The normalized spacial score (nSPS) is 14.2. The highest BCUT2D eigenvalue weighted by Gasteiger charge is 2.20. The second-order valence-corrected chi connectivity index (χ2v) is 5.51. The average molecular weight is 275 g/mol. The maximum atomic E-state index is 11.5. The molecule has 0 saturated carbocycles. The summed E-state index contributed by atoms with van der Waals surface area (Å²) >= 11 is 0. The summed E-state index contributed by atoms with van der Waals surface area (Å²) in [5.41, 5.74) is 6.71. The number of esters is 1. The van der Waals surface area contributed by atoms with Crippen LogP contribution in [-0.2, 0) is 23.0 Å². The molecule has 4 heteroatoms. The van der Waals surface area contributed by atoms with E-state index in [1.54, 1.807) is 0 Å². The Hall–Kier alpha value is -1.81. The summed E-state index contributed by atoms with van der Waals surface area (Å²) in [5, 5.41) is 1.27. The molecular weight excluding hydrogens is 252 g/mol. The second kappa shape index (κ2) is 6.09. The zero-order valence-electron chi connectivity index (χ0n) is 12.4. The first-order chi connectivity index (χ1) is 9.52. The Bertz CT molecular complexity index is 604. The van der Waals surface area contributed by atoms with Crippen molar-refractivity contribution in [3.63, 3.8) is 0 Å². The lowest BCUT2D eigenvalue weighted by Gasteiger charge is -2.12. The summed E-state index contributed by atoms with van der Waals surface area (Å²) in [6, 6.07) is 8.57. The predicted octanol–water partition coefficient (Wildman–Crippen LogP) is 1.53. The highest BCUT2D eigenvalue weighted by Crippen LogP contribution is 2.22. The number of hydrogen-bond acceptors (Lipinski definition) is 2. The number of fused-ring (bicyclic) bond motifs is 1. The fraction of sp³-hybridized carbons (Fsp3) is 0.438. The van der Waals surface area contributed by atoms with Gasteiger partial charge in [-0.3, -0.25) is 4.79 Å². The summed E-state index contributed by atoms with van der Waals surface area (Å²) in [6.07, 6.45) is 3.78. The van der Waals surface area contributed by atoms with Gasteiger partial charge in [0, 0.05) is 37.0 Å². The van der Waals surface area contributed by atoms with E-state index in [-0.39, 0.29) is 17.9 Å². The minimum Gasteiger partial charge on any atom is -0.469 e. The van der Waals surface area contributed by atoms with E-state index >= 15 is 0 Å².